The molecular weight excluding hydrogens is 464 g/mol. The lowest BCUT2D eigenvalue weighted by molar-refractivity contribution is -0.138. The van der Waals surface area contributed by atoms with E-state index in [1.54, 1.807) is 25.1 Å². The van der Waals surface area contributed by atoms with Crippen LogP contribution >= 0.6 is 57.7 Å². The number of amides is 2. The van der Waals surface area contributed by atoms with E-state index >= 15 is 0 Å². The number of thiazole rings is 1. The summed E-state index contributed by atoms with van der Waals surface area (Å²) in [5.74, 6) is -0.656. The van der Waals surface area contributed by atoms with Crippen molar-refractivity contribution in [1.82, 2.24) is 15.2 Å². The predicted molar refractivity (Wildman–Crippen MR) is 118 cm³/mol. The topological polar surface area (TPSA) is 62.3 Å². The zero-order valence-corrected chi connectivity index (χ0v) is 20.2. The van der Waals surface area contributed by atoms with Crippen LogP contribution in [0.4, 0.5) is 0 Å². The van der Waals surface area contributed by atoms with Gasteiger partial charge in [0.15, 0.2) is 0 Å². The summed E-state index contributed by atoms with van der Waals surface area (Å²) >= 11 is 25.4. The van der Waals surface area contributed by atoms with E-state index in [-0.39, 0.29) is 36.1 Å². The Morgan fingerprint density at radius 1 is 1.14 bits per heavy atom. The van der Waals surface area contributed by atoms with Crippen molar-refractivity contribution >= 4 is 69.6 Å². The van der Waals surface area contributed by atoms with Crippen LogP contribution in [0.1, 0.15) is 51.1 Å². The van der Waals surface area contributed by atoms with Gasteiger partial charge in [0.1, 0.15) is 20.7 Å². The number of halogens is 4. The fourth-order valence-electron chi connectivity index (χ4n) is 2.67. The van der Waals surface area contributed by atoms with E-state index in [9.17, 15) is 9.59 Å². The van der Waals surface area contributed by atoms with Crippen molar-refractivity contribution in [2.75, 3.05) is 7.05 Å². The molecule has 0 aliphatic carbocycles. The van der Waals surface area contributed by atoms with E-state index < -0.39 is 15.7 Å². The quantitative estimate of drug-likeness (QED) is 0.433. The van der Waals surface area contributed by atoms with Crippen LogP contribution in [0.3, 0.4) is 0 Å². The van der Waals surface area contributed by atoms with Gasteiger partial charge in [0.2, 0.25) is 11.8 Å². The molecule has 1 N–H and O–H groups in total. The first-order valence-electron chi connectivity index (χ1n) is 9.10. The van der Waals surface area contributed by atoms with Gasteiger partial charge in [0, 0.05) is 25.0 Å². The molecule has 1 heterocycles. The second-order valence-electron chi connectivity index (χ2n) is 6.90. The number of alkyl halides is 4. The van der Waals surface area contributed by atoms with E-state index in [2.05, 4.69) is 10.3 Å². The molecule has 0 aromatic carbocycles. The maximum atomic E-state index is 13.3. The molecule has 1 aromatic heterocycles. The van der Waals surface area contributed by atoms with Gasteiger partial charge >= 0.3 is 0 Å². The fraction of sp³-hybridized carbons (Fsp3) is 0.722. The highest BCUT2D eigenvalue weighted by Gasteiger charge is 2.33. The lowest BCUT2D eigenvalue weighted by Crippen LogP contribution is -2.49. The Morgan fingerprint density at radius 2 is 1.71 bits per heavy atom. The first-order valence-corrected chi connectivity index (χ1v) is 11.7. The predicted octanol–water partition coefficient (Wildman–Crippen LogP) is 5.20. The van der Waals surface area contributed by atoms with Gasteiger partial charge in [0.05, 0.1) is 6.04 Å². The third-order valence-electron chi connectivity index (χ3n) is 4.57. The maximum Gasteiger partial charge on any atom is 0.245 e. The number of nitrogens with one attached hydrogen (secondary N) is 1. The Bertz CT molecular complexity index is 616. The third-order valence-corrected chi connectivity index (χ3v) is 7.17. The number of rotatable bonds is 11. The van der Waals surface area contributed by atoms with Crippen LogP contribution in [0.5, 0.6) is 0 Å². The lowest BCUT2D eigenvalue weighted by atomic mass is 9.99. The molecule has 0 aliphatic heterocycles. The molecule has 4 atom stereocenters. The highest BCUT2D eigenvalue weighted by atomic mass is 35.5. The van der Waals surface area contributed by atoms with Crippen molar-refractivity contribution in [3.8, 4) is 0 Å². The van der Waals surface area contributed by atoms with E-state index in [0.717, 1.165) is 5.01 Å². The average molecular weight is 491 g/mol. The number of likely N-dealkylation sites (N-methyl/N-ethyl adjacent to an activating group) is 1. The average Bonchev–Trinajstić information content (AvgIpc) is 3.17. The molecule has 0 aliphatic rings. The zero-order chi connectivity index (χ0) is 21.4. The third kappa shape index (κ3) is 7.86. The molecule has 0 saturated heterocycles. The number of carbonyl (C=O) groups excluding carboxylic acids is 2. The number of hydrogen-bond acceptors (Lipinski definition) is 4. The van der Waals surface area contributed by atoms with Crippen LogP contribution in [0.25, 0.3) is 0 Å². The Morgan fingerprint density at radius 3 is 2.18 bits per heavy atom. The number of nitrogens with zero attached hydrogens (tertiary/aromatic N) is 2. The summed E-state index contributed by atoms with van der Waals surface area (Å²) in [5.41, 5.74) is 0. The zero-order valence-electron chi connectivity index (χ0n) is 16.4. The SMILES string of the molecule is CCC(=O)NC(CC(C)C(Cl)Cl)C(=O)N(C)C(CC(C)C(Cl)Cl)c1nccs1. The van der Waals surface area contributed by atoms with Gasteiger partial charge in [0.25, 0.3) is 0 Å². The molecule has 5 nitrogen and oxygen atoms in total. The fourth-order valence-corrected chi connectivity index (χ4v) is 3.88. The molecule has 1 rings (SSSR count). The molecule has 28 heavy (non-hydrogen) atoms. The standard InChI is InChI=1S/C18H27Cl4N3O2S/c1-5-14(26)24-12(8-10(2)15(19)20)18(27)25(4)13(9-11(3)16(21)22)17-23-6-7-28-17/h6-7,10-13,15-16H,5,8-9H2,1-4H3,(H,24,26). The largest absolute Gasteiger partial charge is 0.344 e. The van der Waals surface area contributed by atoms with Crippen molar-refractivity contribution in [2.24, 2.45) is 11.8 Å². The van der Waals surface area contributed by atoms with Gasteiger partial charge < -0.3 is 10.2 Å². The van der Waals surface area contributed by atoms with Crippen molar-refractivity contribution in [1.29, 1.82) is 0 Å². The molecule has 0 bridgehead atoms. The van der Waals surface area contributed by atoms with Gasteiger partial charge in [-0.1, -0.05) is 20.8 Å². The van der Waals surface area contributed by atoms with Crippen molar-refractivity contribution in [3.05, 3.63) is 16.6 Å². The molecule has 0 spiro atoms. The normalized spacial score (nSPS) is 15.9. The highest BCUT2D eigenvalue weighted by Crippen LogP contribution is 2.33. The molecule has 1 aromatic rings. The first-order chi connectivity index (χ1) is 13.1. The summed E-state index contributed by atoms with van der Waals surface area (Å²) in [6, 6.07) is -1.03. The van der Waals surface area contributed by atoms with E-state index in [1.165, 1.54) is 11.3 Å². The summed E-state index contributed by atoms with van der Waals surface area (Å²) in [6.45, 7) is 5.50. The second-order valence-corrected chi connectivity index (χ2v) is 10.2. The van der Waals surface area contributed by atoms with Gasteiger partial charge in [-0.05, 0) is 24.7 Å². The van der Waals surface area contributed by atoms with Crippen molar-refractivity contribution in [3.63, 3.8) is 0 Å². The Kier molecular flexibility index (Phi) is 11.4. The number of aromatic nitrogens is 1. The minimum Gasteiger partial charge on any atom is -0.344 e. The van der Waals surface area contributed by atoms with Crippen LogP contribution in [0.15, 0.2) is 11.6 Å². The lowest BCUT2D eigenvalue weighted by Gasteiger charge is -2.33. The van der Waals surface area contributed by atoms with Gasteiger partial charge in [-0.15, -0.1) is 57.7 Å². The van der Waals surface area contributed by atoms with Crippen LogP contribution in [-0.4, -0.2) is 44.5 Å². The van der Waals surface area contributed by atoms with Crippen LogP contribution in [0, 0.1) is 11.8 Å². The van der Waals surface area contributed by atoms with E-state index in [0.29, 0.717) is 12.8 Å². The number of hydrogen-bond donors (Lipinski definition) is 1. The second kappa shape index (κ2) is 12.4. The van der Waals surface area contributed by atoms with Gasteiger partial charge in [-0.2, -0.15) is 0 Å². The number of carbonyl (C=O) groups is 2. The summed E-state index contributed by atoms with van der Waals surface area (Å²) in [7, 11) is 1.70. The molecule has 4 unspecified atom stereocenters. The minimum absolute atomic E-state index is 0.0508. The molecule has 0 saturated carbocycles. The summed E-state index contributed by atoms with van der Waals surface area (Å²) < 4.78 is 0. The summed E-state index contributed by atoms with van der Waals surface area (Å²) in [6.07, 6.45) is 2.85. The molecule has 2 amide bonds. The minimum atomic E-state index is -0.729. The highest BCUT2D eigenvalue weighted by molar-refractivity contribution is 7.09. The molecule has 160 valence electrons. The summed E-state index contributed by atoms with van der Waals surface area (Å²) in [4.78, 5) is 30.0. The van der Waals surface area contributed by atoms with Crippen molar-refractivity contribution in [2.45, 2.75) is 61.8 Å². The Balaban J connectivity index is 3.08. The van der Waals surface area contributed by atoms with E-state index in [4.69, 9.17) is 46.4 Å². The van der Waals surface area contributed by atoms with Gasteiger partial charge in [-0.25, -0.2) is 4.98 Å². The van der Waals surface area contributed by atoms with Crippen LogP contribution in [0.2, 0.25) is 0 Å². The molecule has 0 radical (unpaired) electrons. The van der Waals surface area contributed by atoms with Gasteiger partial charge in [-0.3, -0.25) is 9.59 Å². The van der Waals surface area contributed by atoms with Crippen LogP contribution < -0.4 is 5.32 Å². The Hall–Kier alpha value is -0.270. The molecule has 0 fully saturated rings. The maximum absolute atomic E-state index is 13.3. The molecular formula is C18H27Cl4N3O2S. The summed E-state index contributed by atoms with van der Waals surface area (Å²) in [5, 5.41) is 5.44. The van der Waals surface area contributed by atoms with E-state index in [1.807, 2.05) is 19.2 Å². The monoisotopic (exact) mass is 489 g/mol. The molecule has 10 heteroatoms. The Labute approximate surface area is 191 Å². The smallest absolute Gasteiger partial charge is 0.245 e. The first kappa shape index (κ1) is 25.8. The van der Waals surface area contributed by atoms with Crippen LogP contribution in [-0.2, 0) is 9.59 Å². The van der Waals surface area contributed by atoms with Crippen molar-refractivity contribution < 1.29 is 9.59 Å².